The van der Waals surface area contributed by atoms with Crippen molar-refractivity contribution >= 4 is 30.7 Å². The largest absolute Gasteiger partial charge is 0.474 e. The normalized spacial score (nSPS) is 26.2. The quantitative estimate of drug-likeness (QED) is 0.231. The van der Waals surface area contributed by atoms with Gasteiger partial charge in [0.05, 0.1) is 19.5 Å². The molecule has 6 atom stereocenters. The Hall–Kier alpha value is -2.23. The monoisotopic (exact) mass is 475 g/mol. The first-order valence-corrected chi connectivity index (χ1v) is 11.0. The molecule has 8 N–H and O–H groups in total. The molecule has 1 unspecified atom stereocenters. The van der Waals surface area contributed by atoms with Gasteiger partial charge < -0.3 is 32.2 Å². The van der Waals surface area contributed by atoms with Crippen LogP contribution in [0.15, 0.2) is 12.7 Å². The number of ether oxygens (including phenoxy) is 1. The first kappa shape index (κ1) is 24.4. The maximum absolute atomic E-state index is 12.6. The molecule has 32 heavy (non-hydrogen) atoms. The summed E-state index contributed by atoms with van der Waals surface area (Å²) in [5.41, 5.74) is 17.2. The molecule has 3 rings (SSSR count). The number of hydrogen-bond donors (Lipinski definition) is 5. The first-order chi connectivity index (χ1) is 15.1. The first-order valence-electron chi connectivity index (χ1n) is 9.58. The van der Waals surface area contributed by atoms with Crippen molar-refractivity contribution in [1.29, 1.82) is 0 Å². The molecule has 0 aliphatic carbocycles. The number of nitrogens with zero attached hydrogens (tertiary/aromatic N) is 4. The van der Waals surface area contributed by atoms with Crippen LogP contribution in [0, 0.1) is 0 Å². The molecule has 0 spiro atoms. The van der Waals surface area contributed by atoms with Gasteiger partial charge in [0.15, 0.2) is 17.7 Å². The van der Waals surface area contributed by atoms with Gasteiger partial charge >= 0.3 is 7.82 Å². The molecule has 1 fully saturated rings. The fraction of sp³-hybridized carbons (Fsp3) is 0.625. The predicted octanol–water partition coefficient (Wildman–Crippen LogP) is -1.59. The van der Waals surface area contributed by atoms with Gasteiger partial charge in [0.1, 0.15) is 30.2 Å². The van der Waals surface area contributed by atoms with Crippen molar-refractivity contribution in [3.05, 3.63) is 12.7 Å². The summed E-state index contributed by atoms with van der Waals surface area (Å²) < 4.78 is 34.9. The number of aliphatic hydroxyl groups is 2. The number of amides is 1. The van der Waals surface area contributed by atoms with Gasteiger partial charge in [-0.15, -0.1) is 0 Å². The molecule has 16 heteroatoms. The molecule has 0 bridgehead atoms. The number of imidazole rings is 1. The smallest absolute Gasteiger partial charge is 0.387 e. The molecule has 1 amide bonds. The van der Waals surface area contributed by atoms with Crippen LogP contribution in [0.1, 0.15) is 19.1 Å². The highest BCUT2D eigenvalue weighted by molar-refractivity contribution is 7.48. The number of nitrogens with two attached hydrogens (primary N) is 3. The van der Waals surface area contributed by atoms with E-state index in [-0.39, 0.29) is 25.3 Å². The molecular weight excluding hydrogens is 449 g/mol. The summed E-state index contributed by atoms with van der Waals surface area (Å²) in [4.78, 5) is 22.8. The molecule has 1 saturated heterocycles. The lowest BCUT2D eigenvalue weighted by molar-refractivity contribution is -0.118. The fourth-order valence-electron chi connectivity index (χ4n) is 3.06. The summed E-state index contributed by atoms with van der Waals surface area (Å²) in [6.07, 6.45) is -2.06. The molecule has 2 aromatic heterocycles. The number of carbonyl (C=O) groups excluding carboxylic acids is 1. The lowest BCUT2D eigenvalue weighted by atomic mass is 10.1. The Labute approximate surface area is 182 Å². The number of hydrogen-bond acceptors (Lipinski definition) is 13. The number of rotatable bonds is 11. The number of anilines is 1. The number of phosphoric acid groups is 1. The van der Waals surface area contributed by atoms with Crippen molar-refractivity contribution in [2.24, 2.45) is 11.5 Å². The third-order valence-electron chi connectivity index (χ3n) is 4.83. The van der Waals surface area contributed by atoms with Crippen LogP contribution in [0.5, 0.6) is 0 Å². The van der Waals surface area contributed by atoms with E-state index in [0.717, 1.165) is 7.11 Å². The molecule has 15 nitrogen and oxygen atoms in total. The standard InChI is InChI=1S/C16H26N7O8P/c1-28-32(27,29-4-8(17)2-3-10(18)24)30-5-9-12(25)13(26)16(31-9)23-7-22-11-14(19)20-6-21-15(11)23/h6-9,12-13,16,25-26H,2-5,17H2,1H3,(H2,18,24)(H2,19,20,21)/t8-,9+,12+,13+,16+,32?/m0/s1. The van der Waals surface area contributed by atoms with Gasteiger partial charge in [0.2, 0.25) is 5.91 Å². The van der Waals surface area contributed by atoms with Gasteiger partial charge in [0.25, 0.3) is 0 Å². The van der Waals surface area contributed by atoms with E-state index in [4.69, 9.17) is 35.5 Å². The van der Waals surface area contributed by atoms with E-state index in [0.29, 0.717) is 11.2 Å². The van der Waals surface area contributed by atoms with Crippen molar-refractivity contribution in [2.75, 3.05) is 26.1 Å². The molecule has 0 aromatic carbocycles. The average Bonchev–Trinajstić information content (AvgIpc) is 3.31. The van der Waals surface area contributed by atoms with Crippen LogP contribution in [0.25, 0.3) is 11.2 Å². The third-order valence-corrected chi connectivity index (χ3v) is 6.21. The minimum absolute atomic E-state index is 0.0452. The zero-order valence-electron chi connectivity index (χ0n) is 17.2. The summed E-state index contributed by atoms with van der Waals surface area (Å²) in [7, 11) is -2.94. The Balaban J connectivity index is 1.61. The van der Waals surface area contributed by atoms with Crippen molar-refractivity contribution in [1.82, 2.24) is 19.5 Å². The maximum Gasteiger partial charge on any atom is 0.474 e. The highest BCUT2D eigenvalue weighted by Gasteiger charge is 2.45. The summed E-state index contributed by atoms with van der Waals surface area (Å²) in [6, 6.07) is -0.627. The molecule has 2 aromatic rings. The zero-order valence-corrected chi connectivity index (χ0v) is 18.1. The summed E-state index contributed by atoms with van der Waals surface area (Å²) in [5, 5.41) is 20.8. The van der Waals surface area contributed by atoms with Crippen molar-refractivity contribution in [3.63, 3.8) is 0 Å². The summed E-state index contributed by atoms with van der Waals surface area (Å²) in [5.74, 6) is -0.374. The Morgan fingerprint density at radius 2 is 2.06 bits per heavy atom. The molecule has 1 aliphatic heterocycles. The summed E-state index contributed by atoms with van der Waals surface area (Å²) >= 11 is 0. The lowest BCUT2D eigenvalue weighted by Gasteiger charge is -2.21. The van der Waals surface area contributed by atoms with Gasteiger partial charge in [-0.05, 0) is 6.42 Å². The van der Waals surface area contributed by atoms with Gasteiger partial charge in [-0.2, -0.15) is 0 Å². The SMILES string of the molecule is COP(=O)(OC[C@@H](N)CCC(N)=O)OC[C@H]1O[C@@H](n2cnc3c(N)ncnc32)[C@H](O)[C@@H]1O. The van der Waals surface area contributed by atoms with Crippen LogP contribution in [0.2, 0.25) is 0 Å². The minimum atomic E-state index is -4.05. The predicted molar refractivity (Wildman–Crippen MR) is 109 cm³/mol. The molecular formula is C16H26N7O8P. The lowest BCUT2D eigenvalue weighted by Crippen LogP contribution is -2.34. The third kappa shape index (κ3) is 5.39. The second-order valence-corrected chi connectivity index (χ2v) is 8.89. The van der Waals surface area contributed by atoms with Gasteiger partial charge in [0, 0.05) is 19.6 Å². The molecule has 3 heterocycles. The molecule has 0 radical (unpaired) electrons. The van der Waals surface area contributed by atoms with Crippen LogP contribution < -0.4 is 17.2 Å². The Morgan fingerprint density at radius 1 is 1.31 bits per heavy atom. The number of aliphatic hydroxyl groups excluding tert-OH is 2. The van der Waals surface area contributed by atoms with Gasteiger partial charge in [-0.1, -0.05) is 0 Å². The van der Waals surface area contributed by atoms with Crippen LogP contribution in [0.3, 0.4) is 0 Å². The van der Waals surface area contributed by atoms with Crippen molar-refractivity contribution in [2.45, 2.75) is 43.4 Å². The van der Waals surface area contributed by atoms with E-state index in [9.17, 15) is 19.6 Å². The fourth-order valence-corrected chi connectivity index (χ4v) is 4.05. The van der Waals surface area contributed by atoms with Crippen LogP contribution in [0.4, 0.5) is 5.82 Å². The zero-order chi connectivity index (χ0) is 23.5. The number of primary amides is 1. The topological polar surface area (TPSA) is 233 Å². The van der Waals surface area contributed by atoms with Crippen LogP contribution in [-0.2, 0) is 27.7 Å². The number of phosphoric ester groups is 1. The minimum Gasteiger partial charge on any atom is -0.387 e. The van der Waals surface area contributed by atoms with E-state index in [1.165, 1.54) is 17.2 Å². The number of fused-ring (bicyclic) bond motifs is 1. The van der Waals surface area contributed by atoms with Crippen LogP contribution >= 0.6 is 7.82 Å². The average molecular weight is 475 g/mol. The molecule has 0 saturated carbocycles. The van der Waals surface area contributed by atoms with E-state index in [1.807, 2.05) is 0 Å². The van der Waals surface area contributed by atoms with E-state index in [2.05, 4.69) is 15.0 Å². The highest BCUT2D eigenvalue weighted by Crippen LogP contribution is 2.49. The van der Waals surface area contributed by atoms with Crippen molar-refractivity contribution in [3.8, 4) is 0 Å². The van der Waals surface area contributed by atoms with Gasteiger partial charge in [-0.25, -0.2) is 19.5 Å². The maximum atomic E-state index is 12.6. The molecule has 1 aliphatic rings. The number of carbonyl (C=O) groups is 1. The van der Waals surface area contributed by atoms with E-state index in [1.54, 1.807) is 0 Å². The Morgan fingerprint density at radius 3 is 2.75 bits per heavy atom. The van der Waals surface area contributed by atoms with Gasteiger partial charge in [-0.3, -0.25) is 22.9 Å². The van der Waals surface area contributed by atoms with Crippen LogP contribution in [-0.4, -0.2) is 80.3 Å². The summed E-state index contributed by atoms with van der Waals surface area (Å²) in [6.45, 7) is -0.653. The van der Waals surface area contributed by atoms with E-state index < -0.39 is 50.9 Å². The number of nitrogen functional groups attached to an aromatic ring is 1. The molecule has 178 valence electrons. The second kappa shape index (κ2) is 10.1. The van der Waals surface area contributed by atoms with Crippen molar-refractivity contribution < 1.29 is 37.9 Å². The Kier molecular flexibility index (Phi) is 7.74. The second-order valence-electron chi connectivity index (χ2n) is 7.12. The highest BCUT2D eigenvalue weighted by atomic mass is 31.2. The van der Waals surface area contributed by atoms with E-state index >= 15 is 0 Å². The number of aromatic nitrogens is 4. The Bertz CT molecular complexity index is 990.